The molecule has 0 bridgehead atoms. The molecule has 0 aliphatic carbocycles. The van der Waals surface area contributed by atoms with E-state index in [1.165, 1.54) is 21.6 Å². The Kier molecular flexibility index (Phi) is 22.5. The average Bonchev–Trinajstić information content (AvgIpc) is 3.76. The van der Waals surface area contributed by atoms with E-state index in [-0.39, 0.29) is 44.3 Å². The number of nitrogens with zero attached hydrogens (tertiary/aromatic N) is 2. The van der Waals surface area contributed by atoms with Crippen molar-refractivity contribution in [3.8, 4) is 23.8 Å². The van der Waals surface area contributed by atoms with Crippen LogP contribution in [0.5, 0.6) is 11.5 Å². The van der Waals surface area contributed by atoms with Gasteiger partial charge in [-0.2, -0.15) is 0 Å². The fourth-order valence-corrected chi connectivity index (χ4v) is 11.7. The van der Waals surface area contributed by atoms with E-state index in [0.29, 0.717) is 23.5 Å². The summed E-state index contributed by atoms with van der Waals surface area (Å²) in [5.74, 6) is 3.17. The molecule has 0 spiro atoms. The summed E-state index contributed by atoms with van der Waals surface area (Å²) in [7, 11) is 4.05. The summed E-state index contributed by atoms with van der Waals surface area (Å²) in [6, 6.07) is 24.7. The third-order valence-corrected chi connectivity index (χ3v) is 15.9. The molecule has 1 aliphatic rings. The molecule has 4 atom stereocenters. The molecule has 19 heteroatoms. The van der Waals surface area contributed by atoms with Gasteiger partial charge in [0.2, 0.25) is 5.41 Å². The van der Waals surface area contributed by atoms with Gasteiger partial charge in [0.15, 0.2) is 0 Å². The minimum absolute atomic E-state index is 0.0151. The highest BCUT2D eigenvalue weighted by atomic mass is 33.1. The lowest BCUT2D eigenvalue weighted by atomic mass is 9.80. The molecule has 0 radical (unpaired) electrons. The summed E-state index contributed by atoms with van der Waals surface area (Å²) in [5.41, 5.74) is -1.79. The van der Waals surface area contributed by atoms with E-state index in [9.17, 15) is 19.2 Å². The summed E-state index contributed by atoms with van der Waals surface area (Å²) < 4.78 is 59.7. The Labute approximate surface area is 426 Å². The van der Waals surface area contributed by atoms with E-state index in [0.717, 1.165) is 28.9 Å². The second-order valence-corrected chi connectivity index (χ2v) is 21.1. The fraction of sp³-hybridized carbons (Fsp3) is 0.500. The predicted molar refractivity (Wildman–Crippen MR) is 277 cm³/mol. The topological polar surface area (TPSA) is 175 Å². The van der Waals surface area contributed by atoms with Crippen molar-refractivity contribution >= 4 is 42.1 Å². The maximum absolute atomic E-state index is 14.1. The minimum Gasteiger partial charge on any atom is -0.497 e. The monoisotopic (exact) mass is 1040 g/mol. The molecule has 1 unspecified atom stereocenters. The minimum atomic E-state index is -2.16. The highest BCUT2D eigenvalue weighted by Gasteiger charge is 2.52. The molecule has 1 fully saturated rings. The van der Waals surface area contributed by atoms with Gasteiger partial charge in [-0.25, -0.2) is 9.46 Å². The Bertz CT molecular complexity index is 2380. The van der Waals surface area contributed by atoms with Crippen LogP contribution >= 0.6 is 30.1 Å². The number of benzene rings is 3. The van der Waals surface area contributed by atoms with Crippen LogP contribution in [0.3, 0.4) is 0 Å². The van der Waals surface area contributed by atoms with Gasteiger partial charge in [-0.15, -0.1) is 12.3 Å². The number of aromatic amines is 1. The molecular weight excluding hydrogens is 970 g/mol. The number of rotatable bonds is 29. The quantitative estimate of drug-likeness (QED) is 0.00798. The van der Waals surface area contributed by atoms with Crippen LogP contribution in [0.25, 0.3) is 0 Å². The van der Waals surface area contributed by atoms with Gasteiger partial charge in [-0.3, -0.25) is 23.9 Å². The van der Waals surface area contributed by atoms with Crippen molar-refractivity contribution in [2.45, 2.75) is 104 Å². The summed E-state index contributed by atoms with van der Waals surface area (Å²) in [6.07, 6.45) is 5.81. The predicted octanol–water partition coefficient (Wildman–Crippen LogP) is 8.79. The largest absolute Gasteiger partial charge is 0.497 e. The number of aryl methyl sites for hydroxylation is 1. The van der Waals surface area contributed by atoms with Gasteiger partial charge in [0.25, 0.3) is 14.1 Å². The lowest BCUT2D eigenvalue weighted by Gasteiger charge is -2.40. The maximum atomic E-state index is 14.1. The molecule has 5 rings (SSSR count). The molecule has 3 aromatic carbocycles. The number of methoxy groups -OCH3 is 2. The van der Waals surface area contributed by atoms with Crippen LogP contribution in [-0.4, -0.2) is 109 Å². The summed E-state index contributed by atoms with van der Waals surface area (Å²) in [4.78, 5) is 56.7. The molecule has 0 saturated carbocycles. The first-order valence-corrected chi connectivity index (χ1v) is 27.2. The number of hydrogen-bond acceptors (Lipinski definition) is 16. The zero-order valence-electron chi connectivity index (χ0n) is 42.1. The van der Waals surface area contributed by atoms with Crippen molar-refractivity contribution in [3.63, 3.8) is 0 Å². The molecule has 2 heterocycles. The fourth-order valence-electron chi connectivity index (χ4n) is 8.09. The van der Waals surface area contributed by atoms with Crippen molar-refractivity contribution in [1.82, 2.24) is 14.2 Å². The first kappa shape index (κ1) is 57.2. The van der Waals surface area contributed by atoms with Crippen LogP contribution in [0.15, 0.2) is 94.6 Å². The number of ether oxygens (including phenoxy) is 7. The number of aromatic nitrogens is 2. The first-order chi connectivity index (χ1) is 34.2. The molecule has 1 aliphatic heterocycles. The Morgan fingerprint density at radius 3 is 1.99 bits per heavy atom. The van der Waals surface area contributed by atoms with Gasteiger partial charge < -0.3 is 42.2 Å². The first-order valence-electron chi connectivity index (χ1n) is 23.6. The lowest BCUT2D eigenvalue weighted by Crippen LogP contribution is -2.49. The number of terminal acetylenes is 1. The van der Waals surface area contributed by atoms with Crippen LogP contribution in [0.4, 0.5) is 0 Å². The maximum Gasteiger partial charge on any atom is 0.330 e. The SMILES string of the molecule is C#CCCCSSCOCC(COP(O[C@H]1C[C@H](n2cc(C)c(=O)[nH]c2=O)O[C@@H]1COC(c1ccccc1)(c1ccc(OC)cc1)c1ccc(OC)cc1)N(C(C)C)C(C)C)(C(=O)OCC)C(=O)OCC. The number of esters is 2. The van der Waals surface area contributed by atoms with Crippen molar-refractivity contribution in [2.75, 3.05) is 58.9 Å². The van der Waals surface area contributed by atoms with Gasteiger partial charge in [0.1, 0.15) is 35.4 Å². The smallest absolute Gasteiger partial charge is 0.330 e. The zero-order valence-corrected chi connectivity index (χ0v) is 44.6. The van der Waals surface area contributed by atoms with Crippen molar-refractivity contribution in [1.29, 1.82) is 0 Å². The number of carbonyl (C=O) groups is 2. The number of hydrogen-bond donors (Lipinski definition) is 1. The van der Waals surface area contributed by atoms with Crippen LogP contribution in [0, 0.1) is 24.7 Å². The summed E-state index contributed by atoms with van der Waals surface area (Å²) in [6.45, 7) is 11.8. The molecular formula is C52H68N3O13PS2. The summed E-state index contributed by atoms with van der Waals surface area (Å²) >= 11 is 0. The Morgan fingerprint density at radius 1 is 0.873 bits per heavy atom. The third kappa shape index (κ3) is 14.5. The van der Waals surface area contributed by atoms with Gasteiger partial charge in [-0.1, -0.05) is 76.2 Å². The average molecular weight is 1040 g/mol. The van der Waals surface area contributed by atoms with Gasteiger partial charge in [0.05, 0.1) is 53.4 Å². The highest BCUT2D eigenvalue weighted by Crippen LogP contribution is 2.52. The Morgan fingerprint density at radius 2 is 1.45 bits per heavy atom. The third-order valence-electron chi connectivity index (χ3n) is 11.6. The molecule has 1 aromatic heterocycles. The van der Waals surface area contributed by atoms with Crippen molar-refractivity contribution < 1.29 is 51.8 Å². The number of unbranched alkanes of at least 4 members (excludes halogenated alkanes) is 1. The Balaban J connectivity index is 1.59. The molecule has 1 saturated heterocycles. The van der Waals surface area contributed by atoms with Crippen LogP contribution in [-0.2, 0) is 47.9 Å². The van der Waals surface area contributed by atoms with Crippen molar-refractivity contribution in [2.24, 2.45) is 5.41 Å². The van der Waals surface area contributed by atoms with E-state index >= 15 is 0 Å². The van der Waals surface area contributed by atoms with Gasteiger partial charge in [0, 0.05) is 42.4 Å². The zero-order chi connectivity index (χ0) is 51.6. The molecule has 16 nitrogen and oxygen atoms in total. The molecule has 4 aromatic rings. The van der Waals surface area contributed by atoms with E-state index in [1.54, 1.807) is 45.8 Å². The highest BCUT2D eigenvalue weighted by molar-refractivity contribution is 8.76. The second-order valence-electron chi connectivity index (χ2n) is 17.1. The molecule has 0 amide bonds. The number of H-pyrrole nitrogens is 1. The normalized spacial score (nSPS) is 16.5. The lowest BCUT2D eigenvalue weighted by molar-refractivity contribution is -0.179. The molecule has 1 N–H and O–H groups in total. The van der Waals surface area contributed by atoms with E-state index < -0.39 is 74.4 Å². The van der Waals surface area contributed by atoms with Crippen molar-refractivity contribution in [3.05, 3.63) is 128 Å². The standard InChI is InChI=1S/C52H68N3O13PS2/c1-11-14-18-29-70-71-35-62-33-51(48(57)63-12-2,49(58)64-13-3)34-66-69(55(36(4)5)37(6)7)68-44-30-46(54-31-38(8)47(56)53-50(54)59)67-45(44)32-65-52(39-19-16-15-17-20-39,40-21-25-42(60-9)26-22-40)41-23-27-43(61-10)28-24-41/h1,15-17,19-28,31,36-37,44-46H,12-14,18,29-30,32-35H2,2-10H3,(H,53,56,59)/t44-,45+,46+,69?/m0/s1. The van der Waals surface area contributed by atoms with E-state index in [1.807, 2.05) is 111 Å². The molecule has 71 heavy (non-hydrogen) atoms. The van der Waals surface area contributed by atoms with E-state index in [2.05, 4.69) is 10.9 Å². The Hall–Kier alpha value is -4.67. The van der Waals surface area contributed by atoms with Gasteiger partial charge in [-0.05, 0) is 95.8 Å². The van der Waals surface area contributed by atoms with Crippen LogP contribution < -0.4 is 20.7 Å². The van der Waals surface area contributed by atoms with E-state index in [4.69, 9.17) is 48.6 Å². The van der Waals surface area contributed by atoms with Crippen LogP contribution in [0.1, 0.15) is 89.3 Å². The number of nitrogens with one attached hydrogen (secondary N) is 1. The second kappa shape index (κ2) is 28.0. The molecule has 386 valence electrons. The van der Waals surface area contributed by atoms with Gasteiger partial charge >= 0.3 is 17.6 Å². The number of carbonyl (C=O) groups excluding carboxylic acids is 2. The van der Waals surface area contributed by atoms with Crippen LogP contribution in [0.2, 0.25) is 0 Å². The summed E-state index contributed by atoms with van der Waals surface area (Å²) in [5, 5.41) is 0.